The second-order valence-electron chi connectivity index (χ2n) is 4.08. The lowest BCUT2D eigenvalue weighted by atomic mass is 10.1. The van der Waals surface area contributed by atoms with Gasteiger partial charge < -0.3 is 0 Å². The van der Waals surface area contributed by atoms with Gasteiger partial charge in [0.1, 0.15) is 11.5 Å². The molecule has 6 nitrogen and oxygen atoms in total. The molecule has 104 valence electrons. The first-order chi connectivity index (χ1) is 8.78. The maximum atomic E-state index is 11.9. The maximum Gasteiger partial charge on any atom is 0.232 e. The third kappa shape index (κ3) is 3.56. The highest BCUT2D eigenvalue weighted by Gasteiger charge is 2.35. The number of hydrogen-bond acceptors (Lipinski definition) is 5. The molecule has 1 aliphatic rings. The quantitative estimate of drug-likeness (QED) is 0.582. The highest BCUT2D eigenvalue weighted by molar-refractivity contribution is 9.10. The van der Waals surface area contributed by atoms with E-state index in [1.165, 1.54) is 11.2 Å². The first kappa shape index (κ1) is 15.0. The molecule has 2 rings (SSSR count). The highest BCUT2D eigenvalue weighted by Crippen LogP contribution is 2.33. The molecule has 10 heteroatoms. The number of hydrogen-bond donors (Lipinski definition) is 0. The Hall–Kier alpha value is -0.440. The van der Waals surface area contributed by atoms with Gasteiger partial charge in [0, 0.05) is 29.6 Å². The summed E-state index contributed by atoms with van der Waals surface area (Å²) in [5, 5.41) is 0.186. The fourth-order valence-corrected chi connectivity index (χ4v) is 3.78. The van der Waals surface area contributed by atoms with Crippen molar-refractivity contribution in [1.29, 1.82) is 0 Å². The average molecular weight is 389 g/mol. The Morgan fingerprint density at radius 3 is 2.79 bits per heavy atom. The smallest absolute Gasteiger partial charge is 0.232 e. The summed E-state index contributed by atoms with van der Waals surface area (Å²) in [5.74, 6) is -0.483. The molecule has 1 unspecified atom stereocenters. The predicted molar refractivity (Wildman–Crippen MR) is 74.8 cm³/mol. The minimum atomic E-state index is -3.63. The number of rotatable bonds is 3. The van der Waals surface area contributed by atoms with Crippen LogP contribution in [0.4, 0.5) is 5.82 Å². The van der Waals surface area contributed by atoms with Crippen LogP contribution in [-0.2, 0) is 13.8 Å². The van der Waals surface area contributed by atoms with Gasteiger partial charge in [-0.15, -0.1) is 0 Å². The summed E-state index contributed by atoms with van der Waals surface area (Å²) in [4.78, 5) is 21.0. The van der Waals surface area contributed by atoms with Gasteiger partial charge in [0.15, 0.2) is 5.82 Å². The van der Waals surface area contributed by atoms with Gasteiger partial charge in [0.2, 0.25) is 15.0 Å². The zero-order chi connectivity index (χ0) is 14.2. The van der Waals surface area contributed by atoms with Crippen LogP contribution in [0.1, 0.15) is 6.42 Å². The molecule has 1 aliphatic heterocycles. The second kappa shape index (κ2) is 5.51. The van der Waals surface area contributed by atoms with E-state index in [1.807, 2.05) is 0 Å². The Labute approximate surface area is 127 Å². The van der Waals surface area contributed by atoms with Crippen molar-refractivity contribution in [2.45, 2.75) is 6.42 Å². The van der Waals surface area contributed by atoms with Crippen molar-refractivity contribution in [2.24, 2.45) is 5.92 Å². The lowest BCUT2D eigenvalue weighted by Crippen LogP contribution is -2.26. The minimum absolute atomic E-state index is 0.111. The number of amides is 1. The van der Waals surface area contributed by atoms with E-state index >= 15 is 0 Å². The van der Waals surface area contributed by atoms with Gasteiger partial charge in [-0.1, -0.05) is 11.6 Å². The summed E-state index contributed by atoms with van der Waals surface area (Å²) in [6, 6.07) is 0. The molecule has 1 amide bonds. The third-order valence-corrected chi connectivity index (χ3v) is 5.12. The van der Waals surface area contributed by atoms with E-state index in [4.69, 9.17) is 22.3 Å². The molecule has 0 saturated carbocycles. The van der Waals surface area contributed by atoms with Gasteiger partial charge in [-0.2, -0.15) is 0 Å². The van der Waals surface area contributed by atoms with E-state index in [9.17, 15) is 13.2 Å². The number of nitrogens with zero attached hydrogens (tertiary/aromatic N) is 3. The number of halogens is 3. The normalized spacial score (nSPS) is 20.1. The number of aromatic nitrogens is 2. The summed E-state index contributed by atoms with van der Waals surface area (Å²) in [5.41, 5.74) is 0. The lowest BCUT2D eigenvalue weighted by Gasteiger charge is -2.16. The van der Waals surface area contributed by atoms with Gasteiger partial charge in [-0.05, 0) is 15.9 Å². The van der Waals surface area contributed by atoms with Crippen LogP contribution in [0.25, 0.3) is 0 Å². The Kier molecular flexibility index (Phi) is 4.34. The molecule has 0 N–H and O–H groups in total. The highest BCUT2D eigenvalue weighted by atomic mass is 79.9. The van der Waals surface area contributed by atoms with E-state index in [1.54, 1.807) is 0 Å². The molecule has 1 fully saturated rings. The fraction of sp³-hybridized carbons (Fsp3) is 0.444. The van der Waals surface area contributed by atoms with Gasteiger partial charge in [-0.25, -0.2) is 18.4 Å². The Balaban J connectivity index is 2.23. The maximum absolute atomic E-state index is 11.9. The predicted octanol–water partition coefficient (Wildman–Crippen LogP) is 1.81. The molecule has 0 bridgehead atoms. The minimum Gasteiger partial charge on any atom is -0.295 e. The molecule has 0 aliphatic carbocycles. The first-order valence-electron chi connectivity index (χ1n) is 5.16. The zero-order valence-electron chi connectivity index (χ0n) is 9.38. The van der Waals surface area contributed by atoms with Crippen LogP contribution >= 0.6 is 38.2 Å². The Morgan fingerprint density at radius 2 is 2.16 bits per heavy atom. The van der Waals surface area contributed by atoms with Crippen LogP contribution < -0.4 is 4.90 Å². The molecule has 2 heterocycles. The molecular formula is C9H8BrCl2N3O3S. The number of carbonyl (C=O) groups excluding carboxylic acids is 1. The fourth-order valence-electron chi connectivity index (χ4n) is 1.91. The number of anilines is 1. The van der Waals surface area contributed by atoms with Crippen molar-refractivity contribution >= 4 is 59.0 Å². The Bertz CT molecular complexity index is 625. The van der Waals surface area contributed by atoms with Crippen molar-refractivity contribution in [3.63, 3.8) is 0 Å². The van der Waals surface area contributed by atoms with Gasteiger partial charge in [0.05, 0.1) is 10.2 Å². The van der Waals surface area contributed by atoms with E-state index in [2.05, 4.69) is 25.9 Å². The van der Waals surface area contributed by atoms with Crippen molar-refractivity contribution < 1.29 is 13.2 Å². The van der Waals surface area contributed by atoms with Crippen LogP contribution in [0.5, 0.6) is 0 Å². The number of carbonyl (C=O) groups is 1. The van der Waals surface area contributed by atoms with Crippen LogP contribution in [0.15, 0.2) is 10.8 Å². The van der Waals surface area contributed by atoms with E-state index in [0.717, 1.165) is 0 Å². The molecule has 1 aromatic rings. The Morgan fingerprint density at radius 1 is 1.47 bits per heavy atom. The molecule has 1 aromatic heterocycles. The largest absolute Gasteiger partial charge is 0.295 e. The summed E-state index contributed by atoms with van der Waals surface area (Å²) >= 11 is 9.03. The summed E-state index contributed by atoms with van der Waals surface area (Å²) in [7, 11) is 1.57. The van der Waals surface area contributed by atoms with Crippen molar-refractivity contribution in [1.82, 2.24) is 9.97 Å². The summed E-state index contributed by atoms with van der Waals surface area (Å²) in [6.07, 6.45) is 1.35. The van der Waals surface area contributed by atoms with Crippen molar-refractivity contribution in [2.75, 3.05) is 17.2 Å². The molecule has 19 heavy (non-hydrogen) atoms. The molecule has 1 atom stereocenters. The first-order valence-corrected chi connectivity index (χ1v) is 8.81. The van der Waals surface area contributed by atoms with Crippen LogP contribution in [0.2, 0.25) is 5.15 Å². The van der Waals surface area contributed by atoms with Crippen molar-refractivity contribution in [3.8, 4) is 0 Å². The second-order valence-corrected chi connectivity index (χ2v) is 8.05. The standard InChI is InChI=1S/C9H8BrCl2N3O3S/c10-7-8(11)13-4-14-9(7)15-2-5(1-6(15)16)3-19(12,17)18/h4-5H,1-3H2. The third-order valence-electron chi connectivity index (χ3n) is 2.62. The van der Waals surface area contributed by atoms with E-state index in [0.29, 0.717) is 10.3 Å². The van der Waals surface area contributed by atoms with E-state index in [-0.39, 0.29) is 35.7 Å². The molecule has 0 spiro atoms. The molecule has 1 saturated heterocycles. The molecular weight excluding hydrogens is 381 g/mol. The molecule has 0 aromatic carbocycles. The van der Waals surface area contributed by atoms with E-state index < -0.39 is 9.05 Å². The van der Waals surface area contributed by atoms with Crippen LogP contribution in [0.3, 0.4) is 0 Å². The van der Waals surface area contributed by atoms with Gasteiger partial charge in [0.25, 0.3) is 0 Å². The zero-order valence-corrected chi connectivity index (χ0v) is 13.3. The van der Waals surface area contributed by atoms with Crippen molar-refractivity contribution in [3.05, 3.63) is 16.0 Å². The van der Waals surface area contributed by atoms with Gasteiger partial charge >= 0.3 is 0 Å². The summed E-state index contributed by atoms with van der Waals surface area (Å²) in [6.45, 7) is 0.233. The average Bonchev–Trinajstić information content (AvgIpc) is 2.61. The SMILES string of the molecule is O=C1CC(CS(=O)(=O)Cl)CN1c1ncnc(Cl)c1Br. The molecule has 0 radical (unpaired) electrons. The lowest BCUT2D eigenvalue weighted by molar-refractivity contribution is -0.117. The van der Waals surface area contributed by atoms with Gasteiger partial charge in [-0.3, -0.25) is 9.69 Å². The van der Waals surface area contributed by atoms with Crippen LogP contribution in [0, 0.1) is 5.92 Å². The topological polar surface area (TPSA) is 80.2 Å². The summed E-state index contributed by atoms with van der Waals surface area (Å²) < 4.78 is 22.5. The van der Waals surface area contributed by atoms with Crippen LogP contribution in [-0.4, -0.2) is 36.6 Å². The monoisotopic (exact) mass is 387 g/mol.